The molecule has 0 aliphatic carbocycles. The largest absolute Gasteiger partial charge is 0.507 e. The van der Waals surface area contributed by atoms with Crippen LogP contribution in [0.1, 0.15) is 21.7 Å². The van der Waals surface area contributed by atoms with E-state index in [4.69, 9.17) is 9.15 Å². The van der Waals surface area contributed by atoms with E-state index in [1.165, 1.54) is 25.5 Å². The number of phenolic OH excluding ortho intramolecular Hbond substituents is 1. The molecule has 0 spiro atoms. The number of hydrogen-bond acceptors (Lipinski definition) is 6. The van der Waals surface area contributed by atoms with Crippen LogP contribution in [0.25, 0.3) is 17.1 Å². The summed E-state index contributed by atoms with van der Waals surface area (Å²) in [6, 6.07) is 17.7. The van der Waals surface area contributed by atoms with Crippen molar-refractivity contribution in [3.05, 3.63) is 83.7 Å². The Morgan fingerprint density at radius 1 is 1.19 bits per heavy atom. The third-order valence-electron chi connectivity index (χ3n) is 4.56. The van der Waals surface area contributed by atoms with E-state index >= 15 is 0 Å². The number of aromatic nitrogens is 2. The van der Waals surface area contributed by atoms with Crippen LogP contribution in [-0.4, -0.2) is 34.1 Å². The highest BCUT2D eigenvalue weighted by Crippen LogP contribution is 2.25. The lowest BCUT2D eigenvalue weighted by Gasteiger charge is -2.05. The summed E-state index contributed by atoms with van der Waals surface area (Å²) in [5.41, 5.74) is 4.61. The van der Waals surface area contributed by atoms with Gasteiger partial charge in [-0.2, -0.15) is 10.2 Å². The van der Waals surface area contributed by atoms with Gasteiger partial charge in [0.05, 0.1) is 24.6 Å². The predicted molar refractivity (Wildman–Crippen MR) is 116 cm³/mol. The molecule has 4 rings (SSSR count). The second-order valence-corrected chi connectivity index (χ2v) is 6.71. The van der Waals surface area contributed by atoms with E-state index in [2.05, 4.69) is 15.6 Å². The number of benzene rings is 2. The molecule has 0 unspecified atom stereocenters. The number of para-hydroxylation sites is 1. The van der Waals surface area contributed by atoms with Crippen molar-refractivity contribution in [2.24, 2.45) is 5.10 Å². The van der Waals surface area contributed by atoms with Crippen molar-refractivity contribution in [3.8, 4) is 28.6 Å². The highest BCUT2D eigenvalue weighted by atomic mass is 16.5. The molecule has 2 N–H and O–H groups in total. The molecule has 0 aliphatic heterocycles. The van der Waals surface area contributed by atoms with E-state index < -0.39 is 5.91 Å². The van der Waals surface area contributed by atoms with Gasteiger partial charge in [-0.1, -0.05) is 18.2 Å². The summed E-state index contributed by atoms with van der Waals surface area (Å²) in [6.07, 6.45) is 3.28. The lowest BCUT2D eigenvalue weighted by Crippen LogP contribution is -2.17. The molecule has 0 aliphatic rings. The topological polar surface area (TPSA) is 102 Å². The summed E-state index contributed by atoms with van der Waals surface area (Å²) in [7, 11) is 1.48. The lowest BCUT2D eigenvalue weighted by atomic mass is 10.2. The van der Waals surface area contributed by atoms with Crippen LogP contribution in [0.4, 0.5) is 0 Å². The predicted octanol–water partition coefficient (Wildman–Crippen LogP) is 3.92. The Kier molecular flexibility index (Phi) is 5.53. The Morgan fingerprint density at radius 2 is 2.00 bits per heavy atom. The molecule has 31 heavy (non-hydrogen) atoms. The summed E-state index contributed by atoms with van der Waals surface area (Å²) >= 11 is 0. The monoisotopic (exact) mass is 416 g/mol. The van der Waals surface area contributed by atoms with Gasteiger partial charge in [0.25, 0.3) is 5.91 Å². The second-order valence-electron chi connectivity index (χ2n) is 6.71. The van der Waals surface area contributed by atoms with Gasteiger partial charge >= 0.3 is 0 Å². The van der Waals surface area contributed by atoms with Crippen molar-refractivity contribution in [2.45, 2.75) is 6.92 Å². The maximum absolute atomic E-state index is 12.4. The van der Waals surface area contributed by atoms with Crippen LogP contribution < -0.4 is 10.2 Å². The maximum atomic E-state index is 12.4. The summed E-state index contributed by atoms with van der Waals surface area (Å²) in [5.74, 6) is 1.05. The summed E-state index contributed by atoms with van der Waals surface area (Å²) in [6.45, 7) is 1.85. The molecule has 4 aromatic rings. The highest BCUT2D eigenvalue weighted by molar-refractivity contribution is 5.98. The molecule has 2 aromatic carbocycles. The molecule has 0 bridgehead atoms. The van der Waals surface area contributed by atoms with Crippen LogP contribution in [0.2, 0.25) is 0 Å². The van der Waals surface area contributed by atoms with Gasteiger partial charge < -0.3 is 14.3 Å². The zero-order chi connectivity index (χ0) is 21.8. The van der Waals surface area contributed by atoms with Crippen molar-refractivity contribution in [1.82, 2.24) is 15.2 Å². The average molecular weight is 416 g/mol. The Balaban J connectivity index is 1.60. The molecule has 8 heteroatoms. The molecule has 0 saturated carbocycles. The van der Waals surface area contributed by atoms with E-state index in [-0.39, 0.29) is 11.3 Å². The maximum Gasteiger partial charge on any atom is 0.275 e. The van der Waals surface area contributed by atoms with Crippen molar-refractivity contribution < 1.29 is 19.1 Å². The van der Waals surface area contributed by atoms with Gasteiger partial charge in [-0.15, -0.1) is 0 Å². The standard InChI is InChI=1S/C23H20N4O4/c1-15-8-11-21(31-15)22-16(14-27(26-22)17-6-4-3-5-7-17)13-24-25-23(29)19-10-9-18(30-2)12-20(19)28/h3-14,28H,1-2H3,(H,25,29)/b24-13-. The van der Waals surface area contributed by atoms with E-state index in [1.807, 2.05) is 49.4 Å². The number of nitrogens with one attached hydrogen (secondary N) is 1. The first-order valence-electron chi connectivity index (χ1n) is 9.47. The molecule has 8 nitrogen and oxygen atoms in total. The first kappa shape index (κ1) is 20.0. The number of aromatic hydroxyl groups is 1. The van der Waals surface area contributed by atoms with Gasteiger partial charge in [0, 0.05) is 17.8 Å². The molecule has 1 amide bonds. The minimum absolute atomic E-state index is 0.0832. The molecule has 0 radical (unpaired) electrons. The van der Waals surface area contributed by atoms with Gasteiger partial charge in [-0.3, -0.25) is 4.79 Å². The number of ether oxygens (including phenoxy) is 1. The zero-order valence-electron chi connectivity index (χ0n) is 16.9. The second kappa shape index (κ2) is 8.58. The molecule has 2 aromatic heterocycles. The molecular weight excluding hydrogens is 396 g/mol. The molecule has 0 atom stereocenters. The number of carbonyl (C=O) groups is 1. The summed E-state index contributed by atoms with van der Waals surface area (Å²) < 4.78 is 12.5. The quantitative estimate of drug-likeness (QED) is 0.366. The average Bonchev–Trinajstić information content (AvgIpc) is 3.40. The molecule has 0 saturated heterocycles. The number of hydrogen-bond donors (Lipinski definition) is 2. The smallest absolute Gasteiger partial charge is 0.275 e. The Morgan fingerprint density at radius 3 is 2.68 bits per heavy atom. The Bertz CT molecular complexity index is 1240. The van der Waals surface area contributed by atoms with E-state index in [9.17, 15) is 9.90 Å². The minimum atomic E-state index is -0.553. The van der Waals surface area contributed by atoms with Crippen LogP contribution in [-0.2, 0) is 0 Å². The first-order chi connectivity index (χ1) is 15.0. The fourth-order valence-electron chi connectivity index (χ4n) is 3.00. The van der Waals surface area contributed by atoms with Crippen LogP contribution in [0.15, 0.2) is 76.4 Å². The zero-order valence-corrected chi connectivity index (χ0v) is 16.9. The van der Waals surface area contributed by atoms with Crippen molar-refractivity contribution in [3.63, 3.8) is 0 Å². The van der Waals surface area contributed by atoms with Crippen LogP contribution in [0.3, 0.4) is 0 Å². The number of hydrazone groups is 1. The number of phenols is 1. The molecule has 0 fully saturated rings. The SMILES string of the molecule is COc1ccc(C(=O)N/N=C\c2cn(-c3ccccc3)nc2-c2ccc(C)o2)c(O)c1. The highest BCUT2D eigenvalue weighted by Gasteiger charge is 2.15. The molecule has 2 heterocycles. The number of nitrogens with zero attached hydrogens (tertiary/aromatic N) is 3. The fraction of sp³-hybridized carbons (Fsp3) is 0.0870. The first-order valence-corrected chi connectivity index (χ1v) is 9.47. The van der Waals surface area contributed by atoms with Crippen LogP contribution >= 0.6 is 0 Å². The number of furan rings is 1. The fourth-order valence-corrected chi connectivity index (χ4v) is 3.00. The van der Waals surface area contributed by atoms with Crippen molar-refractivity contribution in [2.75, 3.05) is 7.11 Å². The number of rotatable bonds is 6. The normalized spacial score (nSPS) is 11.0. The van der Waals surface area contributed by atoms with E-state index in [1.54, 1.807) is 16.9 Å². The Labute approximate surface area is 178 Å². The van der Waals surface area contributed by atoms with Gasteiger partial charge in [0.1, 0.15) is 23.0 Å². The van der Waals surface area contributed by atoms with Gasteiger partial charge in [0.15, 0.2) is 5.76 Å². The minimum Gasteiger partial charge on any atom is -0.507 e. The van der Waals surface area contributed by atoms with Crippen LogP contribution in [0, 0.1) is 6.92 Å². The number of aryl methyl sites for hydroxylation is 1. The summed E-state index contributed by atoms with van der Waals surface area (Å²) in [5, 5.41) is 18.7. The third kappa shape index (κ3) is 4.32. The number of carbonyl (C=O) groups excluding carboxylic acids is 1. The van der Waals surface area contributed by atoms with Crippen molar-refractivity contribution >= 4 is 12.1 Å². The van der Waals surface area contributed by atoms with Crippen molar-refractivity contribution in [1.29, 1.82) is 0 Å². The van der Waals surface area contributed by atoms with Crippen LogP contribution in [0.5, 0.6) is 11.5 Å². The Hall–Kier alpha value is -4.33. The lowest BCUT2D eigenvalue weighted by molar-refractivity contribution is 0.0952. The van der Waals surface area contributed by atoms with Gasteiger partial charge in [-0.25, -0.2) is 10.1 Å². The van der Waals surface area contributed by atoms with E-state index in [0.29, 0.717) is 22.8 Å². The number of methoxy groups -OCH3 is 1. The van der Waals surface area contributed by atoms with Gasteiger partial charge in [-0.05, 0) is 43.3 Å². The number of amides is 1. The van der Waals surface area contributed by atoms with Gasteiger partial charge in [0.2, 0.25) is 0 Å². The molecule has 156 valence electrons. The van der Waals surface area contributed by atoms with E-state index in [0.717, 1.165) is 11.4 Å². The molecular formula is C23H20N4O4. The third-order valence-corrected chi connectivity index (χ3v) is 4.56. The summed E-state index contributed by atoms with van der Waals surface area (Å²) in [4.78, 5) is 12.4.